The number of hydrogen-bond donors (Lipinski definition) is 1. The number of hydrazine groups is 1. The summed E-state index contributed by atoms with van der Waals surface area (Å²) >= 11 is 0. The zero-order chi connectivity index (χ0) is 14.2. The molecule has 1 aromatic heterocycles. The van der Waals surface area contributed by atoms with Crippen LogP contribution in [0.5, 0.6) is 0 Å². The van der Waals surface area contributed by atoms with E-state index in [9.17, 15) is 4.79 Å². The van der Waals surface area contributed by atoms with Crippen molar-refractivity contribution >= 4 is 5.91 Å². The molecule has 0 saturated carbocycles. The SMILES string of the molecule is CN1CCN(NC(=O)CCCC[n+]2ccccc2)CC1. The van der Waals surface area contributed by atoms with E-state index in [-0.39, 0.29) is 5.91 Å². The molecule has 0 radical (unpaired) electrons. The van der Waals surface area contributed by atoms with Gasteiger partial charge in [0.15, 0.2) is 12.4 Å². The van der Waals surface area contributed by atoms with Gasteiger partial charge in [0, 0.05) is 51.2 Å². The minimum atomic E-state index is 0.146. The third-order valence-electron chi connectivity index (χ3n) is 3.63. The normalized spacial score (nSPS) is 17.1. The van der Waals surface area contributed by atoms with Crippen LogP contribution >= 0.6 is 0 Å². The molecule has 20 heavy (non-hydrogen) atoms. The van der Waals surface area contributed by atoms with E-state index in [1.165, 1.54) is 0 Å². The number of aromatic nitrogens is 1. The number of piperazine rings is 1. The molecule has 0 bridgehead atoms. The number of aryl methyl sites for hydroxylation is 1. The van der Waals surface area contributed by atoms with Gasteiger partial charge in [-0.15, -0.1) is 0 Å². The number of pyridine rings is 1. The summed E-state index contributed by atoms with van der Waals surface area (Å²) in [7, 11) is 2.11. The summed E-state index contributed by atoms with van der Waals surface area (Å²) in [6.07, 6.45) is 6.70. The summed E-state index contributed by atoms with van der Waals surface area (Å²) in [5, 5.41) is 2.04. The molecule has 1 aliphatic heterocycles. The topological polar surface area (TPSA) is 39.5 Å². The third-order valence-corrected chi connectivity index (χ3v) is 3.63. The molecule has 1 N–H and O–H groups in total. The van der Waals surface area contributed by atoms with Crippen molar-refractivity contribution in [2.45, 2.75) is 25.8 Å². The molecule has 1 aromatic rings. The molecule has 1 aliphatic rings. The number of carbonyl (C=O) groups excluding carboxylic acids is 1. The summed E-state index contributed by atoms with van der Waals surface area (Å²) < 4.78 is 2.15. The lowest BCUT2D eigenvalue weighted by Gasteiger charge is -2.32. The van der Waals surface area contributed by atoms with E-state index < -0.39 is 0 Å². The van der Waals surface area contributed by atoms with Crippen LogP contribution in [0.4, 0.5) is 0 Å². The minimum Gasteiger partial charge on any atom is -0.304 e. The number of likely N-dealkylation sites (N-methyl/N-ethyl adjacent to an activating group) is 1. The van der Waals surface area contributed by atoms with Crippen LogP contribution in [0.25, 0.3) is 0 Å². The van der Waals surface area contributed by atoms with Gasteiger partial charge >= 0.3 is 0 Å². The Morgan fingerprint density at radius 3 is 2.50 bits per heavy atom. The molecule has 0 atom stereocenters. The minimum absolute atomic E-state index is 0.146. The predicted molar refractivity (Wildman–Crippen MR) is 77.7 cm³/mol. The molecular formula is C15H25N4O+. The molecule has 5 nitrogen and oxygen atoms in total. The Balaban J connectivity index is 1.56. The maximum atomic E-state index is 11.8. The van der Waals surface area contributed by atoms with Crippen LogP contribution in [0.15, 0.2) is 30.6 Å². The first-order valence-corrected chi connectivity index (χ1v) is 7.41. The highest BCUT2D eigenvalue weighted by Gasteiger charge is 2.15. The smallest absolute Gasteiger partial charge is 0.234 e. The number of unbranched alkanes of at least 4 members (excludes halogenated alkanes) is 1. The first-order valence-electron chi connectivity index (χ1n) is 7.41. The third kappa shape index (κ3) is 5.27. The maximum Gasteiger partial charge on any atom is 0.234 e. The molecule has 0 aliphatic carbocycles. The van der Waals surface area contributed by atoms with Gasteiger partial charge in [-0.1, -0.05) is 6.07 Å². The summed E-state index contributed by atoms with van der Waals surface area (Å²) in [6.45, 7) is 4.85. The van der Waals surface area contributed by atoms with Gasteiger partial charge in [0.1, 0.15) is 6.54 Å². The standard InChI is InChI=1S/C15H24N4O/c1-17-11-13-19(14-12-17)16-15(20)7-3-6-10-18-8-4-2-5-9-18/h2,4-5,8-9H,3,6-7,10-14H2,1H3/p+1. The van der Waals surface area contributed by atoms with Crippen molar-refractivity contribution in [2.75, 3.05) is 33.2 Å². The maximum absolute atomic E-state index is 11.8. The Kier molecular flexibility index (Phi) is 5.95. The molecule has 1 saturated heterocycles. The van der Waals surface area contributed by atoms with Crippen molar-refractivity contribution in [3.8, 4) is 0 Å². The predicted octanol–water partition coefficient (Wildman–Crippen LogP) is 0.423. The van der Waals surface area contributed by atoms with Gasteiger partial charge in [-0.3, -0.25) is 10.2 Å². The molecule has 0 aromatic carbocycles. The van der Waals surface area contributed by atoms with Crippen molar-refractivity contribution in [1.82, 2.24) is 15.3 Å². The van der Waals surface area contributed by atoms with Crippen molar-refractivity contribution in [3.05, 3.63) is 30.6 Å². The molecule has 5 heteroatoms. The Hall–Kier alpha value is -1.46. The van der Waals surface area contributed by atoms with E-state index in [2.05, 4.69) is 34.3 Å². The Labute approximate surface area is 121 Å². The Morgan fingerprint density at radius 1 is 1.10 bits per heavy atom. The zero-order valence-electron chi connectivity index (χ0n) is 12.3. The molecular weight excluding hydrogens is 252 g/mol. The fourth-order valence-corrected chi connectivity index (χ4v) is 2.31. The van der Waals surface area contributed by atoms with E-state index in [4.69, 9.17) is 0 Å². The second-order valence-corrected chi connectivity index (χ2v) is 5.40. The van der Waals surface area contributed by atoms with Gasteiger partial charge in [-0.2, -0.15) is 0 Å². The van der Waals surface area contributed by atoms with Gasteiger partial charge in [0.25, 0.3) is 0 Å². The lowest BCUT2D eigenvalue weighted by molar-refractivity contribution is -0.697. The summed E-state index contributed by atoms with van der Waals surface area (Å²) in [5.74, 6) is 0.146. The van der Waals surface area contributed by atoms with Crippen LogP contribution < -0.4 is 9.99 Å². The highest BCUT2D eigenvalue weighted by Crippen LogP contribution is 1.99. The van der Waals surface area contributed by atoms with Crippen LogP contribution in [0.1, 0.15) is 19.3 Å². The molecule has 0 spiro atoms. The summed E-state index contributed by atoms with van der Waals surface area (Å²) in [6, 6.07) is 6.07. The monoisotopic (exact) mass is 277 g/mol. The number of carbonyl (C=O) groups is 1. The molecule has 0 unspecified atom stereocenters. The average molecular weight is 277 g/mol. The Morgan fingerprint density at radius 2 is 1.80 bits per heavy atom. The quantitative estimate of drug-likeness (QED) is 0.605. The first kappa shape index (κ1) is 14.9. The van der Waals surface area contributed by atoms with Gasteiger partial charge in [0.05, 0.1) is 0 Å². The molecule has 2 rings (SSSR count). The van der Waals surface area contributed by atoms with E-state index >= 15 is 0 Å². The number of hydrogen-bond acceptors (Lipinski definition) is 3. The average Bonchev–Trinajstić information content (AvgIpc) is 2.47. The number of nitrogens with one attached hydrogen (secondary N) is 1. The lowest BCUT2D eigenvalue weighted by Crippen LogP contribution is -2.52. The van der Waals surface area contributed by atoms with E-state index in [1.54, 1.807) is 0 Å². The summed E-state index contributed by atoms with van der Waals surface area (Å²) in [5.41, 5.74) is 3.00. The Bertz CT molecular complexity index is 402. The molecule has 2 heterocycles. The first-order chi connectivity index (χ1) is 9.74. The summed E-state index contributed by atoms with van der Waals surface area (Å²) in [4.78, 5) is 14.1. The number of nitrogens with zero attached hydrogens (tertiary/aromatic N) is 3. The molecule has 110 valence electrons. The van der Waals surface area contributed by atoms with Crippen LogP contribution in [-0.2, 0) is 11.3 Å². The van der Waals surface area contributed by atoms with Crippen LogP contribution in [0, 0.1) is 0 Å². The van der Waals surface area contributed by atoms with Gasteiger partial charge in [0.2, 0.25) is 5.91 Å². The van der Waals surface area contributed by atoms with Crippen LogP contribution in [-0.4, -0.2) is 49.0 Å². The number of rotatable bonds is 6. The second kappa shape index (κ2) is 7.97. The lowest BCUT2D eigenvalue weighted by atomic mass is 10.2. The molecule has 1 fully saturated rings. The highest BCUT2D eigenvalue weighted by molar-refractivity contribution is 5.75. The van der Waals surface area contributed by atoms with Crippen molar-refractivity contribution in [3.63, 3.8) is 0 Å². The largest absolute Gasteiger partial charge is 0.304 e. The van der Waals surface area contributed by atoms with Crippen molar-refractivity contribution in [2.24, 2.45) is 0 Å². The van der Waals surface area contributed by atoms with Gasteiger partial charge in [-0.25, -0.2) is 9.58 Å². The fraction of sp³-hybridized carbons (Fsp3) is 0.600. The van der Waals surface area contributed by atoms with Crippen LogP contribution in [0.3, 0.4) is 0 Å². The van der Waals surface area contributed by atoms with Crippen LogP contribution in [0.2, 0.25) is 0 Å². The highest BCUT2D eigenvalue weighted by atomic mass is 16.2. The van der Waals surface area contributed by atoms with Crippen molar-refractivity contribution in [1.29, 1.82) is 0 Å². The second-order valence-electron chi connectivity index (χ2n) is 5.40. The van der Waals surface area contributed by atoms with Gasteiger partial charge < -0.3 is 4.90 Å². The van der Waals surface area contributed by atoms with Gasteiger partial charge in [-0.05, 0) is 13.5 Å². The van der Waals surface area contributed by atoms with E-state index in [1.807, 2.05) is 23.2 Å². The molecule has 1 amide bonds. The fourth-order valence-electron chi connectivity index (χ4n) is 2.31. The van der Waals surface area contributed by atoms with E-state index in [0.29, 0.717) is 6.42 Å². The van der Waals surface area contributed by atoms with Crippen molar-refractivity contribution < 1.29 is 9.36 Å². The number of amides is 1. The van der Waals surface area contributed by atoms with E-state index in [0.717, 1.165) is 45.6 Å². The zero-order valence-corrected chi connectivity index (χ0v) is 12.3.